The van der Waals surface area contributed by atoms with E-state index in [0.29, 0.717) is 24.4 Å². The lowest BCUT2D eigenvalue weighted by Crippen LogP contribution is -2.30. The van der Waals surface area contributed by atoms with Gasteiger partial charge < -0.3 is 14.7 Å². The van der Waals surface area contributed by atoms with E-state index in [2.05, 4.69) is 11.8 Å². The van der Waals surface area contributed by atoms with Crippen molar-refractivity contribution in [3.63, 3.8) is 0 Å². The lowest BCUT2D eigenvalue weighted by molar-refractivity contribution is 0.0534. The van der Waals surface area contributed by atoms with Gasteiger partial charge in [-0.3, -0.25) is 4.79 Å². The van der Waals surface area contributed by atoms with Crippen LogP contribution >= 0.6 is 11.3 Å². The molecule has 0 fully saturated rings. The minimum Gasteiger partial charge on any atom is -0.395 e. The normalized spacial score (nSPS) is 10.2. The first-order valence-corrected chi connectivity index (χ1v) is 7.43. The van der Waals surface area contributed by atoms with Crippen LogP contribution in [-0.2, 0) is 4.74 Å². The lowest BCUT2D eigenvalue weighted by atomic mass is 10.3. The first-order chi connectivity index (χ1) is 9.54. The van der Waals surface area contributed by atoms with Gasteiger partial charge in [0.15, 0.2) is 0 Å². The SMILES string of the molecule is CC(C)OCCN(C)C(=O)c1ccc(C#CCCO)s1. The van der Waals surface area contributed by atoms with E-state index < -0.39 is 0 Å². The molecule has 0 aromatic carbocycles. The zero-order valence-electron chi connectivity index (χ0n) is 12.2. The van der Waals surface area contributed by atoms with Crippen LogP contribution in [-0.4, -0.2) is 48.8 Å². The molecule has 4 nitrogen and oxygen atoms in total. The molecular weight excluding hydrogens is 274 g/mol. The van der Waals surface area contributed by atoms with Crippen LogP contribution < -0.4 is 0 Å². The van der Waals surface area contributed by atoms with Crippen LogP contribution in [0.25, 0.3) is 0 Å². The van der Waals surface area contributed by atoms with Crippen LogP contribution in [0.1, 0.15) is 34.8 Å². The first-order valence-electron chi connectivity index (χ1n) is 6.61. The summed E-state index contributed by atoms with van der Waals surface area (Å²) in [7, 11) is 1.77. The lowest BCUT2D eigenvalue weighted by Gasteiger charge is -2.17. The third-order valence-corrected chi connectivity index (χ3v) is 3.48. The molecule has 0 radical (unpaired) electrons. The van der Waals surface area contributed by atoms with Crippen LogP contribution in [0, 0.1) is 11.8 Å². The van der Waals surface area contributed by atoms with E-state index in [9.17, 15) is 4.79 Å². The number of ether oxygens (including phenoxy) is 1. The molecule has 110 valence electrons. The number of carbonyl (C=O) groups is 1. The number of aliphatic hydroxyl groups is 1. The predicted molar refractivity (Wildman–Crippen MR) is 80.9 cm³/mol. The smallest absolute Gasteiger partial charge is 0.263 e. The summed E-state index contributed by atoms with van der Waals surface area (Å²) in [5.41, 5.74) is 0. The average molecular weight is 295 g/mol. The molecule has 0 saturated heterocycles. The zero-order chi connectivity index (χ0) is 15.0. The second-order valence-corrected chi connectivity index (χ2v) is 5.67. The van der Waals surface area contributed by atoms with Gasteiger partial charge in [-0.1, -0.05) is 11.8 Å². The molecule has 0 bridgehead atoms. The molecule has 0 atom stereocenters. The summed E-state index contributed by atoms with van der Waals surface area (Å²) in [6.45, 7) is 5.11. The number of aliphatic hydroxyl groups excluding tert-OH is 1. The van der Waals surface area contributed by atoms with Gasteiger partial charge in [0.05, 0.1) is 29.1 Å². The van der Waals surface area contributed by atoms with Crippen molar-refractivity contribution in [2.75, 3.05) is 26.8 Å². The Morgan fingerprint density at radius 1 is 1.50 bits per heavy atom. The Morgan fingerprint density at radius 2 is 2.25 bits per heavy atom. The molecule has 0 saturated carbocycles. The maximum atomic E-state index is 12.2. The maximum Gasteiger partial charge on any atom is 0.263 e. The molecule has 1 amide bonds. The Morgan fingerprint density at radius 3 is 2.90 bits per heavy atom. The van der Waals surface area contributed by atoms with Gasteiger partial charge in [-0.05, 0) is 26.0 Å². The van der Waals surface area contributed by atoms with Gasteiger partial charge in [0.25, 0.3) is 5.91 Å². The molecule has 20 heavy (non-hydrogen) atoms. The Bertz CT molecular complexity index is 485. The van der Waals surface area contributed by atoms with Gasteiger partial charge in [0.2, 0.25) is 0 Å². The quantitative estimate of drug-likeness (QED) is 0.816. The Hall–Kier alpha value is -1.35. The number of rotatable bonds is 6. The topological polar surface area (TPSA) is 49.8 Å². The second-order valence-electron chi connectivity index (χ2n) is 4.59. The van der Waals surface area contributed by atoms with Crippen molar-refractivity contribution in [1.82, 2.24) is 4.90 Å². The van der Waals surface area contributed by atoms with Crippen molar-refractivity contribution in [2.24, 2.45) is 0 Å². The summed E-state index contributed by atoms with van der Waals surface area (Å²) in [5.74, 6) is 5.76. The highest BCUT2D eigenvalue weighted by molar-refractivity contribution is 7.14. The predicted octanol–water partition coefficient (Wildman–Crippen LogP) is 1.98. The summed E-state index contributed by atoms with van der Waals surface area (Å²) in [6, 6.07) is 3.62. The number of carbonyl (C=O) groups excluding carboxylic acids is 1. The van der Waals surface area contributed by atoms with Crippen LogP contribution in [0.4, 0.5) is 0 Å². The minimum absolute atomic E-state index is 0.0161. The van der Waals surface area contributed by atoms with E-state index in [1.807, 2.05) is 19.9 Å². The van der Waals surface area contributed by atoms with Gasteiger partial charge >= 0.3 is 0 Å². The molecule has 5 heteroatoms. The number of hydrogen-bond acceptors (Lipinski definition) is 4. The van der Waals surface area contributed by atoms with Crippen molar-refractivity contribution in [3.8, 4) is 11.8 Å². The van der Waals surface area contributed by atoms with Crippen molar-refractivity contribution >= 4 is 17.2 Å². The number of amides is 1. The summed E-state index contributed by atoms with van der Waals surface area (Å²) in [4.78, 5) is 15.3. The van der Waals surface area contributed by atoms with Gasteiger partial charge in [-0.15, -0.1) is 11.3 Å². The van der Waals surface area contributed by atoms with E-state index in [-0.39, 0.29) is 18.6 Å². The molecular formula is C15H21NO3S. The highest BCUT2D eigenvalue weighted by Gasteiger charge is 2.13. The summed E-state index contributed by atoms with van der Waals surface area (Å²) >= 11 is 1.37. The minimum atomic E-state index is -0.0161. The van der Waals surface area contributed by atoms with Crippen LogP contribution in [0.5, 0.6) is 0 Å². The molecule has 0 spiro atoms. The fourth-order valence-corrected chi connectivity index (χ4v) is 2.32. The van der Waals surface area contributed by atoms with Crippen molar-refractivity contribution in [1.29, 1.82) is 0 Å². The molecule has 0 aliphatic carbocycles. The monoisotopic (exact) mass is 295 g/mol. The molecule has 1 heterocycles. The van der Waals surface area contributed by atoms with E-state index in [1.54, 1.807) is 18.0 Å². The van der Waals surface area contributed by atoms with Crippen LogP contribution in [0.2, 0.25) is 0 Å². The Balaban J connectivity index is 2.53. The fourth-order valence-electron chi connectivity index (χ4n) is 1.44. The average Bonchev–Trinajstić information content (AvgIpc) is 2.86. The van der Waals surface area contributed by atoms with E-state index in [1.165, 1.54) is 11.3 Å². The standard InChI is InChI=1S/C15H21NO3S/c1-12(2)19-11-9-16(3)15(18)14-8-7-13(20-14)6-4-5-10-17/h7-8,12,17H,5,9-11H2,1-3H3. The van der Waals surface area contributed by atoms with Crippen molar-refractivity contribution in [2.45, 2.75) is 26.4 Å². The highest BCUT2D eigenvalue weighted by Crippen LogP contribution is 2.17. The third kappa shape index (κ3) is 5.74. The summed E-state index contributed by atoms with van der Waals surface area (Å²) in [6.07, 6.45) is 0.627. The molecule has 0 aliphatic heterocycles. The summed E-state index contributed by atoms with van der Waals surface area (Å²) in [5, 5.41) is 8.66. The first kappa shape index (κ1) is 16.7. The number of nitrogens with zero attached hydrogens (tertiary/aromatic N) is 1. The van der Waals surface area contributed by atoms with E-state index in [0.717, 1.165) is 4.88 Å². The number of likely N-dealkylation sites (N-methyl/N-ethyl adjacent to an activating group) is 1. The number of hydrogen-bond donors (Lipinski definition) is 1. The Labute approximate surface area is 124 Å². The molecule has 1 N–H and O–H groups in total. The van der Waals surface area contributed by atoms with Crippen molar-refractivity contribution < 1.29 is 14.6 Å². The number of thiophene rings is 1. The molecule has 1 rings (SSSR count). The van der Waals surface area contributed by atoms with Gasteiger partial charge in [-0.25, -0.2) is 0 Å². The van der Waals surface area contributed by atoms with Gasteiger partial charge in [0.1, 0.15) is 0 Å². The zero-order valence-corrected chi connectivity index (χ0v) is 13.0. The van der Waals surface area contributed by atoms with Crippen LogP contribution in [0.15, 0.2) is 12.1 Å². The molecule has 1 aromatic heterocycles. The van der Waals surface area contributed by atoms with Gasteiger partial charge in [-0.2, -0.15) is 0 Å². The molecule has 1 aromatic rings. The molecule has 0 unspecified atom stereocenters. The van der Waals surface area contributed by atoms with Gasteiger partial charge in [0, 0.05) is 20.0 Å². The van der Waals surface area contributed by atoms with Crippen molar-refractivity contribution in [3.05, 3.63) is 21.9 Å². The van der Waals surface area contributed by atoms with Crippen LogP contribution in [0.3, 0.4) is 0 Å². The fraction of sp³-hybridized carbons (Fsp3) is 0.533. The van der Waals surface area contributed by atoms with E-state index >= 15 is 0 Å². The molecule has 0 aliphatic rings. The Kier molecular flexibility index (Phi) is 7.31. The highest BCUT2D eigenvalue weighted by atomic mass is 32.1. The maximum absolute atomic E-state index is 12.2. The largest absolute Gasteiger partial charge is 0.395 e. The second kappa shape index (κ2) is 8.75. The van der Waals surface area contributed by atoms with E-state index in [4.69, 9.17) is 9.84 Å². The third-order valence-electron chi connectivity index (χ3n) is 2.49. The summed E-state index contributed by atoms with van der Waals surface area (Å²) < 4.78 is 5.43.